The van der Waals surface area contributed by atoms with Crippen molar-refractivity contribution in [2.45, 2.75) is 83.3 Å². The van der Waals surface area contributed by atoms with Crippen LogP contribution in [0.3, 0.4) is 0 Å². The van der Waals surface area contributed by atoms with E-state index in [4.69, 9.17) is 23.2 Å². The standard InChI is InChI=1S/C33H39Cl2N3O4S/c1-5-30(33(40)36-25-9-6-7-10-25)37(20-27-28(34)11-8-12-29(27)35)32(39)21-38(31-18-15-23(3)19-24(31)4)43(41,42)26-16-13-22(2)14-17-26/h8,11-19,25,30H,5-7,9-10,20-21H2,1-4H3,(H,36,40)/t30-/m0/s1. The molecule has 10 heteroatoms. The van der Waals surface area contributed by atoms with Crippen LogP contribution in [0.25, 0.3) is 0 Å². The summed E-state index contributed by atoms with van der Waals surface area (Å²) >= 11 is 13.0. The van der Waals surface area contributed by atoms with E-state index >= 15 is 0 Å². The second-order valence-corrected chi connectivity index (χ2v) is 13.9. The lowest BCUT2D eigenvalue weighted by Crippen LogP contribution is -2.53. The second kappa shape index (κ2) is 14.1. The number of rotatable bonds is 11. The zero-order chi connectivity index (χ0) is 31.3. The van der Waals surface area contributed by atoms with Crippen LogP contribution in [0.1, 0.15) is 61.3 Å². The quantitative estimate of drug-likeness (QED) is 0.244. The normalized spacial score (nSPS) is 14.4. The van der Waals surface area contributed by atoms with Crippen LogP contribution in [-0.4, -0.2) is 43.8 Å². The fourth-order valence-corrected chi connectivity index (χ4v) is 7.57. The van der Waals surface area contributed by atoms with E-state index in [9.17, 15) is 18.0 Å². The fourth-order valence-electron chi connectivity index (χ4n) is 5.58. The SMILES string of the molecule is CC[C@@H](C(=O)NC1CCCC1)N(Cc1c(Cl)cccc1Cl)C(=O)CN(c1ccc(C)cc1C)S(=O)(=O)c1ccc(C)cc1. The van der Waals surface area contributed by atoms with Gasteiger partial charge in [0.05, 0.1) is 10.6 Å². The Bertz CT molecular complexity index is 1550. The Kier molecular flexibility index (Phi) is 10.8. The molecule has 0 aromatic heterocycles. The molecule has 0 saturated heterocycles. The van der Waals surface area contributed by atoms with Gasteiger partial charge in [-0.1, -0.05) is 84.4 Å². The van der Waals surface area contributed by atoms with Crippen LogP contribution < -0.4 is 9.62 Å². The van der Waals surface area contributed by atoms with Crippen molar-refractivity contribution in [3.05, 3.63) is 93.0 Å². The first-order valence-corrected chi connectivity index (χ1v) is 16.8. The van der Waals surface area contributed by atoms with Crippen LogP contribution in [-0.2, 0) is 26.2 Å². The maximum atomic E-state index is 14.4. The van der Waals surface area contributed by atoms with Crippen molar-refractivity contribution >= 4 is 50.7 Å². The van der Waals surface area contributed by atoms with Gasteiger partial charge in [-0.05, 0) is 75.9 Å². The third kappa shape index (κ3) is 7.72. The van der Waals surface area contributed by atoms with Gasteiger partial charge in [-0.25, -0.2) is 8.42 Å². The van der Waals surface area contributed by atoms with E-state index in [1.165, 1.54) is 17.0 Å². The molecule has 230 valence electrons. The Morgan fingerprint density at radius 1 is 0.930 bits per heavy atom. The molecular weight excluding hydrogens is 605 g/mol. The first-order valence-electron chi connectivity index (χ1n) is 14.6. The van der Waals surface area contributed by atoms with Gasteiger partial charge in [0.25, 0.3) is 10.0 Å². The van der Waals surface area contributed by atoms with Crippen LogP contribution in [0.15, 0.2) is 65.6 Å². The number of aryl methyl sites for hydroxylation is 3. The zero-order valence-corrected chi connectivity index (χ0v) is 27.4. The molecule has 1 aliphatic rings. The molecule has 1 N–H and O–H groups in total. The van der Waals surface area contributed by atoms with Crippen LogP contribution in [0, 0.1) is 20.8 Å². The lowest BCUT2D eigenvalue weighted by molar-refractivity contribution is -0.140. The van der Waals surface area contributed by atoms with Gasteiger partial charge in [-0.15, -0.1) is 0 Å². The van der Waals surface area contributed by atoms with Crippen LogP contribution in [0.2, 0.25) is 10.0 Å². The number of carbonyl (C=O) groups is 2. The minimum atomic E-state index is -4.16. The van der Waals surface area contributed by atoms with Crippen LogP contribution in [0.5, 0.6) is 0 Å². The molecular formula is C33H39Cl2N3O4S. The first kappa shape index (κ1) is 32.8. The van der Waals surface area contributed by atoms with Crippen molar-refractivity contribution in [2.24, 2.45) is 0 Å². The first-order chi connectivity index (χ1) is 20.4. The second-order valence-electron chi connectivity index (χ2n) is 11.3. The van der Waals surface area contributed by atoms with Gasteiger partial charge in [0.1, 0.15) is 12.6 Å². The van der Waals surface area contributed by atoms with Crippen molar-refractivity contribution in [3.63, 3.8) is 0 Å². The highest BCUT2D eigenvalue weighted by Gasteiger charge is 2.35. The van der Waals surface area contributed by atoms with Crippen molar-refractivity contribution in [1.82, 2.24) is 10.2 Å². The van der Waals surface area contributed by atoms with Gasteiger partial charge in [0, 0.05) is 28.2 Å². The predicted molar refractivity (Wildman–Crippen MR) is 173 cm³/mol. The highest BCUT2D eigenvalue weighted by molar-refractivity contribution is 7.92. The van der Waals surface area contributed by atoms with Gasteiger partial charge in [-0.2, -0.15) is 0 Å². The summed E-state index contributed by atoms with van der Waals surface area (Å²) in [5, 5.41) is 3.82. The third-order valence-corrected chi connectivity index (χ3v) is 10.5. The molecule has 1 saturated carbocycles. The predicted octanol–water partition coefficient (Wildman–Crippen LogP) is 6.98. The fraction of sp³-hybridized carbons (Fsp3) is 0.394. The number of hydrogen-bond acceptors (Lipinski definition) is 4. The minimum absolute atomic E-state index is 0.0519. The molecule has 0 bridgehead atoms. The highest BCUT2D eigenvalue weighted by Crippen LogP contribution is 2.30. The molecule has 1 atom stereocenters. The number of anilines is 1. The molecule has 43 heavy (non-hydrogen) atoms. The van der Waals surface area contributed by atoms with E-state index in [1.54, 1.807) is 36.4 Å². The number of hydrogen-bond donors (Lipinski definition) is 1. The summed E-state index contributed by atoms with van der Waals surface area (Å²) < 4.78 is 29.4. The summed E-state index contributed by atoms with van der Waals surface area (Å²) in [6.45, 7) is 6.87. The lowest BCUT2D eigenvalue weighted by Gasteiger charge is -2.34. The number of carbonyl (C=O) groups excluding carboxylic acids is 2. The molecule has 0 aliphatic heterocycles. The zero-order valence-electron chi connectivity index (χ0n) is 25.1. The van der Waals surface area contributed by atoms with E-state index < -0.39 is 28.5 Å². The molecule has 2 amide bonds. The van der Waals surface area contributed by atoms with Gasteiger partial charge in [-0.3, -0.25) is 13.9 Å². The topological polar surface area (TPSA) is 86.8 Å². The van der Waals surface area contributed by atoms with Crippen LogP contribution in [0.4, 0.5) is 5.69 Å². The average molecular weight is 645 g/mol. The summed E-state index contributed by atoms with van der Waals surface area (Å²) in [6.07, 6.45) is 4.19. The Balaban J connectivity index is 1.77. The molecule has 0 radical (unpaired) electrons. The monoisotopic (exact) mass is 643 g/mol. The Labute approximate surface area is 265 Å². The summed E-state index contributed by atoms with van der Waals surface area (Å²) in [6, 6.07) is 16.2. The molecule has 3 aromatic rings. The highest BCUT2D eigenvalue weighted by atomic mass is 35.5. The van der Waals surface area contributed by atoms with E-state index in [0.29, 0.717) is 33.3 Å². The minimum Gasteiger partial charge on any atom is -0.352 e. The van der Waals surface area contributed by atoms with Crippen molar-refractivity contribution in [1.29, 1.82) is 0 Å². The average Bonchev–Trinajstić information content (AvgIpc) is 3.46. The Morgan fingerprint density at radius 2 is 1.53 bits per heavy atom. The van der Waals surface area contributed by atoms with E-state index in [2.05, 4.69) is 5.32 Å². The Hall–Kier alpha value is -3.07. The van der Waals surface area contributed by atoms with Crippen LogP contribution >= 0.6 is 23.2 Å². The van der Waals surface area contributed by atoms with Gasteiger partial charge < -0.3 is 10.2 Å². The molecule has 0 spiro atoms. The molecule has 1 fully saturated rings. The number of benzene rings is 3. The molecule has 1 aliphatic carbocycles. The largest absolute Gasteiger partial charge is 0.352 e. The van der Waals surface area contributed by atoms with Gasteiger partial charge in [0.15, 0.2) is 0 Å². The smallest absolute Gasteiger partial charge is 0.264 e. The number of halogens is 2. The number of nitrogens with zero attached hydrogens (tertiary/aromatic N) is 2. The number of amides is 2. The van der Waals surface area contributed by atoms with E-state index in [1.807, 2.05) is 39.8 Å². The van der Waals surface area contributed by atoms with Gasteiger partial charge >= 0.3 is 0 Å². The summed E-state index contributed by atoms with van der Waals surface area (Å²) in [5.41, 5.74) is 3.46. The maximum absolute atomic E-state index is 14.4. The molecule has 7 nitrogen and oxygen atoms in total. The summed E-state index contributed by atoms with van der Waals surface area (Å²) in [5.74, 6) is -0.814. The van der Waals surface area contributed by atoms with E-state index in [-0.39, 0.29) is 23.4 Å². The Morgan fingerprint density at radius 3 is 2.12 bits per heavy atom. The van der Waals surface area contributed by atoms with Crippen molar-refractivity contribution < 1.29 is 18.0 Å². The summed E-state index contributed by atoms with van der Waals surface area (Å²) in [4.78, 5) is 29.5. The third-order valence-electron chi connectivity index (χ3n) is 7.99. The number of nitrogens with one attached hydrogen (secondary N) is 1. The summed E-state index contributed by atoms with van der Waals surface area (Å²) in [7, 11) is -4.16. The maximum Gasteiger partial charge on any atom is 0.264 e. The molecule has 4 rings (SSSR count). The molecule has 3 aromatic carbocycles. The molecule has 0 heterocycles. The number of sulfonamides is 1. The van der Waals surface area contributed by atoms with Crippen molar-refractivity contribution in [2.75, 3.05) is 10.8 Å². The lowest BCUT2D eigenvalue weighted by atomic mass is 10.1. The van der Waals surface area contributed by atoms with E-state index in [0.717, 1.165) is 41.1 Å². The molecule has 0 unspecified atom stereocenters. The van der Waals surface area contributed by atoms with Crippen molar-refractivity contribution in [3.8, 4) is 0 Å². The van der Waals surface area contributed by atoms with Gasteiger partial charge in [0.2, 0.25) is 11.8 Å².